The predicted molar refractivity (Wildman–Crippen MR) is 112 cm³/mol. The van der Waals surface area contributed by atoms with Gasteiger partial charge in [0.15, 0.2) is 6.61 Å². The van der Waals surface area contributed by atoms with Crippen LogP contribution in [0.25, 0.3) is 21.7 Å². The van der Waals surface area contributed by atoms with Gasteiger partial charge in [0.2, 0.25) is 5.91 Å². The van der Waals surface area contributed by atoms with E-state index in [1.54, 1.807) is 18.2 Å². The van der Waals surface area contributed by atoms with Crippen molar-refractivity contribution in [2.45, 2.75) is 6.42 Å². The van der Waals surface area contributed by atoms with Gasteiger partial charge >= 0.3 is 5.63 Å². The van der Waals surface area contributed by atoms with Gasteiger partial charge in [0.05, 0.1) is 6.42 Å². The third kappa shape index (κ3) is 4.47. The molecular weight excluding hydrogens is 384 g/mol. The number of nitrogens with one attached hydrogen (secondary N) is 2. The Morgan fingerprint density at radius 1 is 0.833 bits per heavy atom. The molecule has 4 rings (SSSR count). The predicted octanol–water partition coefficient (Wildman–Crippen LogP) is 2.72. The standard InChI is InChI=1S/C23H18N2O5/c26-21(12-17-6-3-5-15-4-1-2-7-19(15)17)24-25-22(27)14-29-18-10-8-16-9-11-23(28)30-20(16)13-18/h1-11,13H,12,14H2,(H,24,26)(H,25,27). The molecule has 0 fully saturated rings. The van der Waals surface area contributed by atoms with Gasteiger partial charge in [0.25, 0.3) is 5.91 Å². The molecule has 150 valence electrons. The van der Waals surface area contributed by atoms with E-state index in [0.29, 0.717) is 11.3 Å². The Balaban J connectivity index is 1.30. The third-order valence-corrected chi connectivity index (χ3v) is 4.54. The number of hydrogen-bond acceptors (Lipinski definition) is 5. The number of carbonyl (C=O) groups is 2. The van der Waals surface area contributed by atoms with Crippen molar-refractivity contribution in [2.24, 2.45) is 0 Å². The molecule has 7 heteroatoms. The normalized spacial score (nSPS) is 10.7. The summed E-state index contributed by atoms with van der Waals surface area (Å²) < 4.78 is 10.5. The maximum atomic E-state index is 12.2. The highest BCUT2D eigenvalue weighted by atomic mass is 16.5. The first-order valence-electron chi connectivity index (χ1n) is 9.29. The number of hydrogen-bond donors (Lipinski definition) is 2. The molecule has 0 aliphatic rings. The van der Waals surface area contributed by atoms with E-state index in [2.05, 4.69) is 10.9 Å². The van der Waals surface area contributed by atoms with E-state index in [1.807, 2.05) is 42.5 Å². The van der Waals surface area contributed by atoms with Crippen molar-refractivity contribution >= 4 is 33.6 Å². The highest BCUT2D eigenvalue weighted by Crippen LogP contribution is 2.20. The monoisotopic (exact) mass is 402 g/mol. The summed E-state index contributed by atoms with van der Waals surface area (Å²) in [6.45, 7) is -0.308. The number of hydrazine groups is 1. The minimum absolute atomic E-state index is 0.131. The Kier molecular flexibility index (Phi) is 5.43. The molecule has 0 saturated heterocycles. The fraction of sp³-hybridized carbons (Fsp3) is 0.0870. The van der Waals surface area contributed by atoms with Crippen LogP contribution in [0.2, 0.25) is 0 Å². The van der Waals surface area contributed by atoms with Crippen LogP contribution in [-0.2, 0) is 16.0 Å². The van der Waals surface area contributed by atoms with E-state index in [4.69, 9.17) is 9.15 Å². The lowest BCUT2D eigenvalue weighted by atomic mass is 10.0. The minimum atomic E-state index is -0.518. The summed E-state index contributed by atoms with van der Waals surface area (Å²) in [7, 11) is 0. The summed E-state index contributed by atoms with van der Waals surface area (Å²) in [4.78, 5) is 35.5. The van der Waals surface area contributed by atoms with Crippen molar-refractivity contribution in [3.8, 4) is 5.75 Å². The molecule has 3 aromatic carbocycles. The third-order valence-electron chi connectivity index (χ3n) is 4.54. The fourth-order valence-electron chi connectivity index (χ4n) is 3.12. The largest absolute Gasteiger partial charge is 0.484 e. The lowest BCUT2D eigenvalue weighted by Gasteiger charge is -2.10. The molecule has 30 heavy (non-hydrogen) atoms. The van der Waals surface area contributed by atoms with Gasteiger partial charge in [-0.15, -0.1) is 0 Å². The van der Waals surface area contributed by atoms with Gasteiger partial charge in [0, 0.05) is 17.5 Å². The molecule has 0 atom stereocenters. The van der Waals surface area contributed by atoms with Crippen LogP contribution in [0.1, 0.15) is 5.56 Å². The summed E-state index contributed by atoms with van der Waals surface area (Å²) in [6, 6.07) is 21.4. The van der Waals surface area contributed by atoms with Crippen LogP contribution in [0.5, 0.6) is 5.75 Å². The summed E-state index contributed by atoms with van der Waals surface area (Å²) >= 11 is 0. The average Bonchev–Trinajstić information content (AvgIpc) is 2.76. The highest BCUT2D eigenvalue weighted by Gasteiger charge is 2.09. The molecule has 2 amide bonds. The van der Waals surface area contributed by atoms with Gasteiger partial charge in [-0.25, -0.2) is 4.79 Å². The van der Waals surface area contributed by atoms with Gasteiger partial charge in [-0.05, 0) is 34.5 Å². The van der Waals surface area contributed by atoms with Crippen LogP contribution in [0.3, 0.4) is 0 Å². The second-order valence-corrected chi connectivity index (χ2v) is 6.65. The zero-order chi connectivity index (χ0) is 20.9. The first-order chi connectivity index (χ1) is 14.6. The van der Waals surface area contributed by atoms with Crippen LogP contribution in [0.4, 0.5) is 0 Å². The van der Waals surface area contributed by atoms with E-state index >= 15 is 0 Å². The van der Waals surface area contributed by atoms with Crippen LogP contribution in [0, 0.1) is 0 Å². The quantitative estimate of drug-likeness (QED) is 0.395. The molecule has 0 aliphatic carbocycles. The van der Waals surface area contributed by atoms with Crippen molar-refractivity contribution in [1.29, 1.82) is 0 Å². The molecule has 1 heterocycles. The molecular formula is C23H18N2O5. The maximum absolute atomic E-state index is 12.2. The molecule has 7 nitrogen and oxygen atoms in total. The van der Waals surface area contributed by atoms with E-state index in [1.165, 1.54) is 12.1 Å². The lowest BCUT2D eigenvalue weighted by molar-refractivity contribution is -0.129. The second kappa shape index (κ2) is 8.48. The number of rotatable bonds is 5. The van der Waals surface area contributed by atoms with Gasteiger partial charge in [-0.3, -0.25) is 20.4 Å². The smallest absolute Gasteiger partial charge is 0.336 e. The van der Waals surface area contributed by atoms with E-state index in [-0.39, 0.29) is 18.9 Å². The Labute approximate surface area is 171 Å². The molecule has 0 aliphatic heterocycles. The van der Waals surface area contributed by atoms with Gasteiger partial charge in [0.1, 0.15) is 11.3 Å². The van der Waals surface area contributed by atoms with Crippen molar-refractivity contribution < 1.29 is 18.7 Å². The summed E-state index contributed by atoms with van der Waals surface area (Å²) in [5.41, 5.74) is 5.49. The van der Waals surface area contributed by atoms with Crippen molar-refractivity contribution in [1.82, 2.24) is 10.9 Å². The van der Waals surface area contributed by atoms with E-state index in [9.17, 15) is 14.4 Å². The Bertz CT molecular complexity index is 1290. The zero-order valence-electron chi connectivity index (χ0n) is 15.9. The fourth-order valence-corrected chi connectivity index (χ4v) is 3.12. The number of ether oxygens (including phenoxy) is 1. The Morgan fingerprint density at radius 3 is 2.50 bits per heavy atom. The van der Waals surface area contributed by atoms with E-state index < -0.39 is 11.5 Å². The summed E-state index contributed by atoms with van der Waals surface area (Å²) in [5, 5.41) is 2.78. The van der Waals surface area contributed by atoms with Crippen LogP contribution >= 0.6 is 0 Å². The highest BCUT2D eigenvalue weighted by molar-refractivity contribution is 5.91. The Hall–Kier alpha value is -4.13. The molecule has 0 spiro atoms. The number of carbonyl (C=O) groups excluding carboxylic acids is 2. The summed E-state index contributed by atoms with van der Waals surface area (Å²) in [6.07, 6.45) is 0.131. The van der Waals surface area contributed by atoms with Gasteiger partial charge < -0.3 is 9.15 Å². The number of amides is 2. The number of fused-ring (bicyclic) bond motifs is 2. The van der Waals surface area contributed by atoms with Crippen LogP contribution < -0.4 is 21.2 Å². The molecule has 0 bridgehead atoms. The zero-order valence-corrected chi connectivity index (χ0v) is 15.9. The van der Waals surface area contributed by atoms with E-state index in [0.717, 1.165) is 21.7 Å². The first-order valence-corrected chi connectivity index (χ1v) is 9.29. The van der Waals surface area contributed by atoms with Crippen molar-refractivity contribution in [2.75, 3.05) is 6.61 Å². The van der Waals surface area contributed by atoms with Crippen LogP contribution in [-0.4, -0.2) is 18.4 Å². The van der Waals surface area contributed by atoms with Crippen molar-refractivity contribution in [3.63, 3.8) is 0 Å². The second-order valence-electron chi connectivity index (χ2n) is 6.65. The molecule has 1 aromatic heterocycles. The minimum Gasteiger partial charge on any atom is -0.484 e. The molecule has 2 N–H and O–H groups in total. The molecule has 0 saturated carbocycles. The lowest BCUT2D eigenvalue weighted by Crippen LogP contribution is -2.44. The van der Waals surface area contributed by atoms with Gasteiger partial charge in [-0.1, -0.05) is 42.5 Å². The van der Waals surface area contributed by atoms with Crippen molar-refractivity contribution in [3.05, 3.63) is 88.8 Å². The molecule has 0 unspecified atom stereocenters. The topological polar surface area (TPSA) is 97.6 Å². The Morgan fingerprint density at radius 2 is 1.60 bits per heavy atom. The SMILES string of the molecule is O=C(COc1ccc2ccc(=O)oc2c1)NNC(=O)Cc1cccc2ccccc12. The average molecular weight is 402 g/mol. The molecule has 4 aromatic rings. The maximum Gasteiger partial charge on any atom is 0.336 e. The first kappa shape index (κ1) is 19.2. The summed E-state index contributed by atoms with van der Waals surface area (Å²) in [5.74, 6) is -0.489. The molecule has 0 radical (unpaired) electrons. The van der Waals surface area contributed by atoms with Crippen LogP contribution in [0.15, 0.2) is 82.0 Å². The number of benzene rings is 3. The van der Waals surface area contributed by atoms with Gasteiger partial charge in [-0.2, -0.15) is 0 Å².